The zero-order chi connectivity index (χ0) is 18.7. The van der Waals surface area contributed by atoms with Crippen LogP contribution in [0.4, 0.5) is 0 Å². The van der Waals surface area contributed by atoms with Crippen molar-refractivity contribution in [1.29, 1.82) is 0 Å². The Bertz CT molecular complexity index is 939. The van der Waals surface area contributed by atoms with Crippen LogP contribution in [0.5, 0.6) is 28.7 Å². The lowest BCUT2D eigenvalue weighted by Crippen LogP contribution is -2.35. The van der Waals surface area contributed by atoms with Gasteiger partial charge in [-0.2, -0.15) is 0 Å². The molecule has 2 aromatic rings. The number of fused-ring (bicyclic) bond motifs is 4. The van der Waals surface area contributed by atoms with Gasteiger partial charge in [-0.25, -0.2) is 0 Å². The number of benzene rings is 2. The van der Waals surface area contributed by atoms with E-state index in [1.165, 1.54) is 16.7 Å². The maximum absolute atomic E-state index is 5.85. The van der Waals surface area contributed by atoms with E-state index in [1.54, 1.807) is 21.3 Å². The fourth-order valence-corrected chi connectivity index (χ4v) is 4.71. The van der Waals surface area contributed by atoms with Crippen LogP contribution in [-0.2, 0) is 12.8 Å². The number of nitrogens with zero attached hydrogens (tertiary/aromatic N) is 1. The van der Waals surface area contributed by atoms with Gasteiger partial charge in [0, 0.05) is 23.7 Å². The third kappa shape index (κ3) is 2.16. The molecular weight excluding hydrogens is 346 g/mol. The van der Waals surface area contributed by atoms with Gasteiger partial charge >= 0.3 is 0 Å². The van der Waals surface area contributed by atoms with E-state index in [1.807, 2.05) is 0 Å². The Kier molecular flexibility index (Phi) is 3.65. The van der Waals surface area contributed by atoms with Gasteiger partial charge in [0.15, 0.2) is 23.0 Å². The van der Waals surface area contributed by atoms with Gasteiger partial charge < -0.3 is 23.7 Å². The Morgan fingerprint density at radius 3 is 2.48 bits per heavy atom. The lowest BCUT2D eigenvalue weighted by Gasteiger charge is -2.40. The number of rotatable bonds is 3. The minimum Gasteiger partial charge on any atom is -0.493 e. The summed E-state index contributed by atoms with van der Waals surface area (Å²) in [4.78, 5) is 2.41. The Labute approximate surface area is 158 Å². The molecule has 0 saturated carbocycles. The van der Waals surface area contributed by atoms with E-state index < -0.39 is 0 Å². The first-order valence-corrected chi connectivity index (χ1v) is 9.15. The highest BCUT2D eigenvalue weighted by Crippen LogP contribution is 2.58. The predicted octanol–water partition coefficient (Wildman–Crippen LogP) is 3.19. The van der Waals surface area contributed by atoms with Crippen LogP contribution >= 0.6 is 0 Å². The van der Waals surface area contributed by atoms with Crippen LogP contribution in [-0.4, -0.2) is 46.6 Å². The molecule has 0 aromatic heterocycles. The maximum Gasteiger partial charge on any atom is 0.231 e. The molecule has 0 amide bonds. The molecule has 0 N–H and O–H groups in total. The molecule has 142 valence electrons. The van der Waals surface area contributed by atoms with E-state index in [9.17, 15) is 0 Å². The van der Waals surface area contributed by atoms with Crippen molar-refractivity contribution in [1.82, 2.24) is 4.90 Å². The monoisotopic (exact) mass is 369 g/mol. The van der Waals surface area contributed by atoms with Crippen molar-refractivity contribution in [3.8, 4) is 39.9 Å². The third-order valence-corrected chi connectivity index (χ3v) is 5.99. The van der Waals surface area contributed by atoms with E-state index >= 15 is 0 Å². The van der Waals surface area contributed by atoms with Crippen molar-refractivity contribution >= 4 is 0 Å². The molecule has 6 nitrogen and oxygen atoms in total. The number of ether oxygens (including phenoxy) is 5. The molecule has 2 aliphatic heterocycles. The quantitative estimate of drug-likeness (QED) is 0.828. The topological polar surface area (TPSA) is 49.4 Å². The fraction of sp³-hybridized carbons (Fsp3) is 0.429. The van der Waals surface area contributed by atoms with Crippen molar-refractivity contribution in [2.24, 2.45) is 0 Å². The van der Waals surface area contributed by atoms with E-state index in [0.29, 0.717) is 5.75 Å². The van der Waals surface area contributed by atoms with Crippen LogP contribution in [0.25, 0.3) is 11.1 Å². The van der Waals surface area contributed by atoms with Gasteiger partial charge in [0.05, 0.1) is 21.3 Å². The minimum atomic E-state index is 0.237. The number of likely N-dealkylation sites (N-methyl/N-ethyl adjacent to an activating group) is 1. The first-order valence-electron chi connectivity index (χ1n) is 9.15. The average molecular weight is 369 g/mol. The van der Waals surface area contributed by atoms with Gasteiger partial charge in [-0.05, 0) is 48.7 Å². The molecule has 2 heterocycles. The van der Waals surface area contributed by atoms with Crippen LogP contribution in [0.1, 0.15) is 22.7 Å². The van der Waals surface area contributed by atoms with Gasteiger partial charge in [0.1, 0.15) is 0 Å². The van der Waals surface area contributed by atoms with E-state index in [2.05, 4.69) is 24.1 Å². The summed E-state index contributed by atoms with van der Waals surface area (Å²) >= 11 is 0. The zero-order valence-electron chi connectivity index (χ0n) is 16.0. The van der Waals surface area contributed by atoms with E-state index in [-0.39, 0.29) is 12.8 Å². The predicted molar refractivity (Wildman–Crippen MR) is 100 cm³/mol. The molecule has 0 fully saturated rings. The van der Waals surface area contributed by atoms with Gasteiger partial charge in [-0.15, -0.1) is 0 Å². The van der Waals surface area contributed by atoms with E-state index in [0.717, 1.165) is 53.5 Å². The Morgan fingerprint density at radius 1 is 1.00 bits per heavy atom. The summed E-state index contributed by atoms with van der Waals surface area (Å²) in [6.07, 6.45) is 1.85. The van der Waals surface area contributed by atoms with Crippen LogP contribution in [0.3, 0.4) is 0 Å². The lowest BCUT2D eigenvalue weighted by atomic mass is 9.76. The third-order valence-electron chi connectivity index (χ3n) is 5.99. The van der Waals surface area contributed by atoms with Crippen LogP contribution in [0.2, 0.25) is 0 Å². The fourth-order valence-electron chi connectivity index (χ4n) is 4.71. The second-order valence-electron chi connectivity index (χ2n) is 7.18. The van der Waals surface area contributed by atoms with Crippen LogP contribution < -0.4 is 23.7 Å². The van der Waals surface area contributed by atoms with Crippen molar-refractivity contribution in [3.05, 3.63) is 28.8 Å². The summed E-state index contributed by atoms with van der Waals surface area (Å²) in [5.74, 6) is 3.78. The first-order chi connectivity index (χ1) is 13.2. The second-order valence-corrected chi connectivity index (χ2v) is 7.18. The average Bonchev–Trinajstić information content (AvgIpc) is 3.18. The second kappa shape index (κ2) is 5.96. The lowest BCUT2D eigenvalue weighted by molar-refractivity contribution is 0.169. The smallest absolute Gasteiger partial charge is 0.231 e. The molecule has 1 aliphatic carbocycles. The van der Waals surface area contributed by atoms with Crippen LogP contribution in [0, 0.1) is 0 Å². The van der Waals surface area contributed by atoms with Gasteiger partial charge in [-0.3, -0.25) is 4.90 Å². The Hall–Kier alpha value is -2.60. The molecule has 3 aliphatic rings. The zero-order valence-corrected chi connectivity index (χ0v) is 16.0. The molecule has 5 rings (SSSR count). The molecular formula is C21H23NO5. The van der Waals surface area contributed by atoms with Crippen LogP contribution in [0.15, 0.2) is 12.1 Å². The highest BCUT2D eigenvalue weighted by Gasteiger charge is 2.41. The summed E-state index contributed by atoms with van der Waals surface area (Å²) in [6.45, 7) is 1.22. The highest BCUT2D eigenvalue weighted by atomic mass is 16.7. The maximum atomic E-state index is 5.85. The molecule has 0 unspecified atom stereocenters. The molecule has 0 saturated heterocycles. The summed E-state index contributed by atoms with van der Waals surface area (Å²) in [6, 6.07) is 4.42. The van der Waals surface area contributed by atoms with Crippen molar-refractivity contribution < 1.29 is 23.7 Å². The summed E-state index contributed by atoms with van der Waals surface area (Å²) in [5, 5.41) is 0. The molecule has 2 aromatic carbocycles. The molecule has 27 heavy (non-hydrogen) atoms. The highest BCUT2D eigenvalue weighted by molar-refractivity contribution is 5.87. The van der Waals surface area contributed by atoms with Gasteiger partial charge in [-0.1, -0.05) is 0 Å². The van der Waals surface area contributed by atoms with Crippen molar-refractivity contribution in [2.75, 3.05) is 41.7 Å². The standard InChI is InChI=1S/C21H23NO5/c1-22-6-5-12-17-14(22)7-11-8-15(23-2)16(24-3)9-13(11)18(17)20(25-4)21-19(12)26-10-27-21/h8-9,14H,5-7,10H2,1-4H3/t14-/m0/s1. The minimum absolute atomic E-state index is 0.237. The molecule has 0 radical (unpaired) electrons. The summed E-state index contributed by atoms with van der Waals surface area (Å²) in [7, 11) is 7.21. The normalized spacial score (nSPS) is 19.3. The molecule has 0 spiro atoms. The first kappa shape index (κ1) is 16.6. The van der Waals surface area contributed by atoms with E-state index in [4.69, 9.17) is 23.7 Å². The SMILES string of the molecule is COc1cc2c(cc1OC)-c1c(OC)c3c(c4c1[C@H](C2)N(C)CC4)OCO3. The number of methoxy groups -OCH3 is 3. The summed E-state index contributed by atoms with van der Waals surface area (Å²) in [5.41, 5.74) is 5.98. The Balaban J connectivity index is 1.87. The van der Waals surface area contributed by atoms with Gasteiger partial charge in [0.2, 0.25) is 12.5 Å². The van der Waals surface area contributed by atoms with Crippen molar-refractivity contribution in [3.63, 3.8) is 0 Å². The number of hydrogen-bond donors (Lipinski definition) is 0. The molecule has 1 atom stereocenters. The molecule has 0 bridgehead atoms. The Morgan fingerprint density at radius 2 is 1.74 bits per heavy atom. The number of hydrogen-bond acceptors (Lipinski definition) is 6. The largest absolute Gasteiger partial charge is 0.493 e. The van der Waals surface area contributed by atoms with Gasteiger partial charge in [0.25, 0.3) is 0 Å². The molecule has 6 heteroatoms. The summed E-state index contributed by atoms with van der Waals surface area (Å²) < 4.78 is 28.6. The van der Waals surface area contributed by atoms with Crippen molar-refractivity contribution in [2.45, 2.75) is 18.9 Å².